The summed E-state index contributed by atoms with van der Waals surface area (Å²) in [4.78, 5) is 17.5. The summed E-state index contributed by atoms with van der Waals surface area (Å²) in [6.45, 7) is 2.82. The van der Waals surface area contributed by atoms with Crippen molar-refractivity contribution in [2.75, 3.05) is 38.2 Å². The number of rotatable bonds is 7. The van der Waals surface area contributed by atoms with Gasteiger partial charge in [0.1, 0.15) is 5.75 Å². The van der Waals surface area contributed by atoms with Crippen LogP contribution in [0.5, 0.6) is 5.75 Å². The van der Waals surface area contributed by atoms with Crippen molar-refractivity contribution < 1.29 is 9.53 Å². The highest BCUT2D eigenvalue weighted by molar-refractivity contribution is 5.78. The highest BCUT2D eigenvalue weighted by Gasteiger charge is 2.26. The molecule has 36 heavy (non-hydrogen) atoms. The number of nitrogens with zero attached hydrogens (tertiary/aromatic N) is 4. The highest BCUT2D eigenvalue weighted by Crippen LogP contribution is 2.29. The van der Waals surface area contributed by atoms with Crippen LogP contribution in [0, 0.1) is 0 Å². The van der Waals surface area contributed by atoms with Gasteiger partial charge in [-0.05, 0) is 35.4 Å². The molecule has 0 bridgehead atoms. The first-order valence-electron chi connectivity index (χ1n) is 12.3. The van der Waals surface area contributed by atoms with Crippen molar-refractivity contribution in [2.24, 2.45) is 0 Å². The zero-order valence-corrected chi connectivity index (χ0v) is 20.5. The predicted molar refractivity (Wildman–Crippen MR) is 142 cm³/mol. The number of carbonyl (C=O) groups excluding carboxylic acids is 1. The van der Waals surface area contributed by atoms with Crippen LogP contribution in [0.25, 0.3) is 11.3 Å². The number of anilines is 1. The van der Waals surface area contributed by atoms with Crippen molar-refractivity contribution in [1.82, 2.24) is 15.1 Å². The van der Waals surface area contributed by atoms with Gasteiger partial charge in [-0.1, -0.05) is 72.8 Å². The molecule has 2 heterocycles. The summed E-state index contributed by atoms with van der Waals surface area (Å²) in [6.07, 6.45) is 0.461. The summed E-state index contributed by atoms with van der Waals surface area (Å²) in [5.74, 6) is 1.86. The van der Waals surface area contributed by atoms with E-state index in [1.165, 1.54) is 11.1 Å². The number of methoxy groups -OCH3 is 1. The molecular weight excluding hydrogens is 448 g/mol. The van der Waals surface area contributed by atoms with E-state index in [9.17, 15) is 4.79 Å². The molecule has 1 aliphatic heterocycles. The molecule has 3 aromatic carbocycles. The first-order chi connectivity index (χ1) is 17.7. The van der Waals surface area contributed by atoms with E-state index in [1.54, 1.807) is 7.11 Å². The number of amides is 1. The van der Waals surface area contributed by atoms with E-state index in [-0.39, 0.29) is 11.8 Å². The zero-order valence-electron chi connectivity index (χ0n) is 20.5. The van der Waals surface area contributed by atoms with Crippen molar-refractivity contribution in [1.29, 1.82) is 0 Å². The number of ether oxygens (including phenoxy) is 1. The lowest BCUT2D eigenvalue weighted by Crippen LogP contribution is -2.49. The first-order valence-corrected chi connectivity index (χ1v) is 12.3. The highest BCUT2D eigenvalue weighted by atomic mass is 16.5. The summed E-state index contributed by atoms with van der Waals surface area (Å²) >= 11 is 0. The molecule has 6 nitrogen and oxygen atoms in total. The van der Waals surface area contributed by atoms with E-state index in [4.69, 9.17) is 4.74 Å². The van der Waals surface area contributed by atoms with Gasteiger partial charge in [-0.2, -0.15) is 0 Å². The molecule has 0 aliphatic carbocycles. The molecule has 1 amide bonds. The van der Waals surface area contributed by atoms with Crippen molar-refractivity contribution in [3.8, 4) is 17.0 Å². The fourth-order valence-corrected chi connectivity index (χ4v) is 4.72. The van der Waals surface area contributed by atoms with Gasteiger partial charge in [0.25, 0.3) is 0 Å². The van der Waals surface area contributed by atoms with Crippen LogP contribution < -0.4 is 9.64 Å². The fourth-order valence-electron chi connectivity index (χ4n) is 4.72. The van der Waals surface area contributed by atoms with E-state index in [0.29, 0.717) is 19.5 Å². The Kier molecular flexibility index (Phi) is 7.22. The maximum absolute atomic E-state index is 13.3. The Morgan fingerprint density at radius 2 is 1.47 bits per heavy atom. The zero-order chi connectivity index (χ0) is 24.7. The van der Waals surface area contributed by atoms with Crippen LogP contribution in [-0.4, -0.2) is 54.3 Å². The third kappa shape index (κ3) is 5.38. The molecule has 1 fully saturated rings. The number of carbonyl (C=O) groups is 1. The largest absolute Gasteiger partial charge is 0.497 e. The van der Waals surface area contributed by atoms with Crippen LogP contribution in [0.3, 0.4) is 0 Å². The molecule has 4 aromatic rings. The summed E-state index contributed by atoms with van der Waals surface area (Å²) in [6, 6.07) is 32.4. The monoisotopic (exact) mass is 478 g/mol. The van der Waals surface area contributed by atoms with Gasteiger partial charge < -0.3 is 14.5 Å². The normalized spacial score (nSPS) is 13.6. The minimum Gasteiger partial charge on any atom is -0.497 e. The summed E-state index contributed by atoms with van der Waals surface area (Å²) in [5.41, 5.74) is 4.11. The average molecular weight is 479 g/mol. The van der Waals surface area contributed by atoms with E-state index in [1.807, 2.05) is 77.7 Å². The maximum Gasteiger partial charge on any atom is 0.223 e. The molecule has 1 aliphatic rings. The summed E-state index contributed by atoms with van der Waals surface area (Å²) in [5, 5.41) is 8.90. The molecule has 0 radical (unpaired) electrons. The van der Waals surface area contributed by atoms with Gasteiger partial charge in [0.05, 0.1) is 12.8 Å². The minimum absolute atomic E-state index is 0.0490. The Hall–Kier alpha value is -4.19. The van der Waals surface area contributed by atoms with E-state index < -0.39 is 0 Å². The Bertz CT molecular complexity index is 1230. The molecule has 0 atom stereocenters. The van der Waals surface area contributed by atoms with E-state index in [0.717, 1.165) is 35.9 Å². The van der Waals surface area contributed by atoms with Gasteiger partial charge >= 0.3 is 0 Å². The number of benzene rings is 3. The lowest BCUT2D eigenvalue weighted by molar-refractivity contribution is -0.131. The molecular formula is C30H30N4O2. The van der Waals surface area contributed by atoms with Crippen molar-refractivity contribution >= 4 is 11.7 Å². The lowest BCUT2D eigenvalue weighted by atomic mass is 9.88. The number of aromatic nitrogens is 2. The van der Waals surface area contributed by atoms with Crippen LogP contribution >= 0.6 is 0 Å². The molecule has 182 valence electrons. The Morgan fingerprint density at radius 3 is 2.06 bits per heavy atom. The van der Waals surface area contributed by atoms with Crippen LogP contribution in [-0.2, 0) is 4.79 Å². The molecule has 1 aromatic heterocycles. The van der Waals surface area contributed by atoms with Gasteiger partial charge in [-0.15, -0.1) is 10.2 Å². The predicted octanol–water partition coefficient (Wildman–Crippen LogP) is 5.02. The van der Waals surface area contributed by atoms with Gasteiger partial charge in [0.15, 0.2) is 5.82 Å². The second-order valence-electron chi connectivity index (χ2n) is 8.95. The lowest BCUT2D eigenvalue weighted by Gasteiger charge is -2.36. The van der Waals surface area contributed by atoms with Crippen LogP contribution in [0.15, 0.2) is 97.1 Å². The summed E-state index contributed by atoms with van der Waals surface area (Å²) in [7, 11) is 1.65. The van der Waals surface area contributed by atoms with Gasteiger partial charge in [0.2, 0.25) is 5.91 Å². The molecule has 5 rings (SSSR count). The smallest absolute Gasteiger partial charge is 0.223 e. The van der Waals surface area contributed by atoms with Gasteiger partial charge in [-0.25, -0.2) is 0 Å². The third-order valence-corrected chi connectivity index (χ3v) is 6.75. The molecule has 0 spiro atoms. The van der Waals surface area contributed by atoms with E-state index >= 15 is 0 Å². The molecule has 0 N–H and O–H groups in total. The second kappa shape index (κ2) is 11.0. The SMILES string of the molecule is COc1cccc(-c2ccc(N3CCN(C(=O)CC(c4ccccc4)c4ccccc4)CC3)nn2)c1. The quantitative estimate of drug-likeness (QED) is 0.373. The van der Waals surface area contributed by atoms with Gasteiger partial charge in [-0.3, -0.25) is 4.79 Å². The van der Waals surface area contributed by atoms with Gasteiger partial charge in [0, 0.05) is 44.1 Å². The Morgan fingerprint density at radius 1 is 0.806 bits per heavy atom. The second-order valence-corrected chi connectivity index (χ2v) is 8.95. The summed E-state index contributed by atoms with van der Waals surface area (Å²) < 4.78 is 5.31. The topological polar surface area (TPSA) is 58.6 Å². The number of piperazine rings is 1. The molecule has 0 saturated carbocycles. The third-order valence-electron chi connectivity index (χ3n) is 6.75. The Labute approximate surface area is 212 Å². The van der Waals surface area contributed by atoms with Crippen molar-refractivity contribution in [3.05, 3.63) is 108 Å². The molecule has 1 saturated heterocycles. The van der Waals surface area contributed by atoms with Crippen LogP contribution in [0.2, 0.25) is 0 Å². The van der Waals surface area contributed by atoms with E-state index in [2.05, 4.69) is 39.4 Å². The standard InChI is InChI=1S/C30H30N4O2/c1-36-26-14-8-13-25(21-26)28-15-16-29(32-31-28)33-17-19-34(20-18-33)30(35)22-27(23-9-4-2-5-10-23)24-11-6-3-7-12-24/h2-16,21,27H,17-20,22H2,1H3. The Balaban J connectivity index is 1.22. The maximum atomic E-state index is 13.3. The molecule has 0 unspecified atom stereocenters. The van der Waals surface area contributed by atoms with Crippen LogP contribution in [0.4, 0.5) is 5.82 Å². The molecule has 6 heteroatoms. The minimum atomic E-state index is 0.0490. The number of hydrogen-bond acceptors (Lipinski definition) is 5. The number of hydrogen-bond donors (Lipinski definition) is 0. The van der Waals surface area contributed by atoms with Crippen molar-refractivity contribution in [3.63, 3.8) is 0 Å². The average Bonchev–Trinajstić information content (AvgIpc) is 2.97. The van der Waals surface area contributed by atoms with Crippen molar-refractivity contribution in [2.45, 2.75) is 12.3 Å². The first kappa shape index (κ1) is 23.5. The fraction of sp³-hybridized carbons (Fsp3) is 0.233. The van der Waals surface area contributed by atoms with Crippen LogP contribution in [0.1, 0.15) is 23.5 Å².